The summed E-state index contributed by atoms with van der Waals surface area (Å²) in [4.78, 5) is 52.7. The molecule has 0 bridgehead atoms. The lowest BCUT2D eigenvalue weighted by Crippen LogP contribution is -2.27. The molecule has 0 unspecified atom stereocenters. The molecule has 0 atom stereocenters. The van der Waals surface area contributed by atoms with E-state index in [2.05, 4.69) is 10.3 Å². The van der Waals surface area contributed by atoms with Crippen LogP contribution in [0.3, 0.4) is 0 Å². The van der Waals surface area contributed by atoms with E-state index in [1.807, 2.05) is 0 Å². The number of carbonyl (C=O) groups is 4. The summed E-state index contributed by atoms with van der Waals surface area (Å²) in [5.74, 6) is -1.23. The van der Waals surface area contributed by atoms with Crippen molar-refractivity contribution in [3.8, 4) is 0 Å². The molecule has 1 aromatic heterocycles. The molecule has 0 radical (unpaired) electrons. The summed E-state index contributed by atoms with van der Waals surface area (Å²) in [6, 6.07) is 7.47. The Morgan fingerprint density at radius 2 is 1.73 bits per heavy atom. The highest BCUT2D eigenvalue weighted by Gasteiger charge is 2.22. The van der Waals surface area contributed by atoms with Crippen molar-refractivity contribution in [2.45, 2.75) is 19.8 Å². The van der Waals surface area contributed by atoms with E-state index in [-0.39, 0.29) is 23.6 Å². The fraction of sp³-hybridized carbons (Fsp3) is 0.333. The molecule has 1 saturated heterocycles. The monoisotopic (exact) mass is 413 g/mol. The Morgan fingerprint density at radius 1 is 1.03 bits per heavy atom. The summed E-state index contributed by atoms with van der Waals surface area (Å²) in [6.07, 6.45) is 2.81. The minimum atomic E-state index is -0.671. The summed E-state index contributed by atoms with van der Waals surface area (Å²) >= 11 is 0. The molecule has 0 saturated carbocycles. The molecule has 0 aliphatic carbocycles. The maximum absolute atomic E-state index is 12.3. The molecule has 158 valence electrons. The number of hydrogen-bond acceptors (Lipinski definition) is 6. The highest BCUT2D eigenvalue weighted by molar-refractivity contribution is 6.02. The number of aromatic nitrogens is 1. The lowest BCUT2D eigenvalue weighted by atomic mass is 10.2. The second-order valence-corrected chi connectivity index (χ2v) is 6.72. The highest BCUT2D eigenvalue weighted by atomic mass is 16.5. The number of H-pyrrole nitrogens is 1. The molecular weight excluding hydrogens is 390 g/mol. The van der Waals surface area contributed by atoms with Crippen LogP contribution in [0.25, 0.3) is 0 Å². The maximum atomic E-state index is 12.3. The van der Waals surface area contributed by atoms with Crippen LogP contribution < -0.4 is 5.32 Å². The number of Topliss-reactive ketones (excluding diaryl/α,β-unsaturated/α-hetero) is 1. The van der Waals surface area contributed by atoms with Crippen molar-refractivity contribution in [1.82, 2.24) is 9.88 Å². The number of amides is 2. The van der Waals surface area contributed by atoms with Gasteiger partial charge in [-0.15, -0.1) is 0 Å². The van der Waals surface area contributed by atoms with Gasteiger partial charge in [0.25, 0.3) is 5.91 Å². The van der Waals surface area contributed by atoms with Crippen molar-refractivity contribution in [2.24, 2.45) is 0 Å². The number of ketones is 1. The number of benzene rings is 1. The summed E-state index contributed by atoms with van der Waals surface area (Å²) in [5.41, 5.74) is 1.32. The Labute approximate surface area is 173 Å². The molecule has 2 amide bonds. The molecule has 1 aliphatic heterocycles. The Balaban J connectivity index is 1.51. The second kappa shape index (κ2) is 9.73. The standard InChI is InChI=1S/C21H23N3O6/c1-2-29-21(28)23-16-7-5-14(6-8-16)20(27)30-13-18(25)15-11-17(22-12-15)19(26)24-9-3-4-10-24/h5-8,11-12,22H,2-4,9-10,13H2,1H3,(H,23,28). The van der Waals surface area contributed by atoms with Crippen LogP contribution in [0, 0.1) is 0 Å². The molecular formula is C21H23N3O6. The van der Waals surface area contributed by atoms with E-state index in [0.717, 1.165) is 12.8 Å². The van der Waals surface area contributed by atoms with E-state index in [1.165, 1.54) is 36.5 Å². The average molecular weight is 413 g/mol. The van der Waals surface area contributed by atoms with Gasteiger partial charge in [-0.1, -0.05) is 0 Å². The molecule has 9 nitrogen and oxygen atoms in total. The first-order valence-electron chi connectivity index (χ1n) is 9.69. The number of aromatic amines is 1. The number of hydrogen-bond donors (Lipinski definition) is 2. The fourth-order valence-electron chi connectivity index (χ4n) is 3.04. The smallest absolute Gasteiger partial charge is 0.411 e. The number of ether oxygens (including phenoxy) is 2. The van der Waals surface area contributed by atoms with E-state index >= 15 is 0 Å². The van der Waals surface area contributed by atoms with Crippen molar-refractivity contribution < 1.29 is 28.7 Å². The van der Waals surface area contributed by atoms with Crippen molar-refractivity contribution in [3.05, 3.63) is 53.3 Å². The Morgan fingerprint density at radius 3 is 2.40 bits per heavy atom. The lowest BCUT2D eigenvalue weighted by Gasteiger charge is -2.13. The largest absolute Gasteiger partial charge is 0.454 e. The first-order chi connectivity index (χ1) is 14.5. The maximum Gasteiger partial charge on any atom is 0.411 e. The second-order valence-electron chi connectivity index (χ2n) is 6.72. The van der Waals surface area contributed by atoms with Gasteiger partial charge in [-0.3, -0.25) is 14.9 Å². The van der Waals surface area contributed by atoms with Crippen molar-refractivity contribution in [1.29, 1.82) is 0 Å². The average Bonchev–Trinajstić information content (AvgIpc) is 3.44. The Hall–Kier alpha value is -3.62. The summed E-state index contributed by atoms with van der Waals surface area (Å²) < 4.78 is 9.83. The molecule has 0 spiro atoms. The van der Waals surface area contributed by atoms with Crippen molar-refractivity contribution >= 4 is 29.4 Å². The summed E-state index contributed by atoms with van der Waals surface area (Å²) in [7, 11) is 0. The van der Waals surface area contributed by atoms with Gasteiger partial charge in [0.05, 0.1) is 12.2 Å². The zero-order valence-electron chi connectivity index (χ0n) is 16.6. The van der Waals surface area contributed by atoms with Crippen LogP contribution in [-0.4, -0.2) is 59.9 Å². The number of anilines is 1. The molecule has 1 fully saturated rings. The molecule has 30 heavy (non-hydrogen) atoms. The number of esters is 1. The molecule has 9 heteroatoms. The van der Waals surface area contributed by atoms with Gasteiger partial charge in [0.1, 0.15) is 5.69 Å². The molecule has 1 aliphatic rings. The van der Waals surface area contributed by atoms with Crippen LogP contribution in [-0.2, 0) is 9.47 Å². The van der Waals surface area contributed by atoms with Crippen molar-refractivity contribution in [2.75, 3.05) is 31.6 Å². The highest BCUT2D eigenvalue weighted by Crippen LogP contribution is 2.14. The van der Waals surface area contributed by atoms with E-state index in [0.29, 0.717) is 24.5 Å². The fourth-order valence-corrected chi connectivity index (χ4v) is 3.04. The van der Waals surface area contributed by atoms with Crippen LogP contribution in [0.4, 0.5) is 10.5 Å². The van der Waals surface area contributed by atoms with Crippen LogP contribution in [0.15, 0.2) is 36.5 Å². The van der Waals surface area contributed by atoms with E-state index in [9.17, 15) is 19.2 Å². The van der Waals surface area contributed by atoms with Crippen LogP contribution >= 0.6 is 0 Å². The van der Waals surface area contributed by atoms with Gasteiger partial charge in [-0.05, 0) is 50.1 Å². The van der Waals surface area contributed by atoms with Gasteiger partial charge in [0, 0.05) is 30.5 Å². The third-order valence-corrected chi connectivity index (χ3v) is 4.61. The quantitative estimate of drug-likeness (QED) is 0.532. The minimum absolute atomic E-state index is 0.139. The first-order valence-corrected chi connectivity index (χ1v) is 9.69. The van der Waals surface area contributed by atoms with Gasteiger partial charge in [-0.2, -0.15) is 0 Å². The molecule has 2 N–H and O–H groups in total. The number of rotatable bonds is 7. The van der Waals surface area contributed by atoms with Gasteiger partial charge in [0.15, 0.2) is 6.61 Å². The van der Waals surface area contributed by atoms with Crippen molar-refractivity contribution in [3.63, 3.8) is 0 Å². The zero-order valence-corrected chi connectivity index (χ0v) is 16.6. The number of carbonyl (C=O) groups excluding carboxylic acids is 4. The zero-order chi connectivity index (χ0) is 21.5. The SMILES string of the molecule is CCOC(=O)Nc1ccc(C(=O)OCC(=O)c2c[nH]c(C(=O)N3CCCC3)c2)cc1. The van der Waals surface area contributed by atoms with Crippen LogP contribution in [0.5, 0.6) is 0 Å². The van der Waals surface area contributed by atoms with Gasteiger partial charge in [0.2, 0.25) is 5.78 Å². The Kier molecular flexibility index (Phi) is 6.84. The molecule has 2 heterocycles. The van der Waals surface area contributed by atoms with Crippen LogP contribution in [0.2, 0.25) is 0 Å². The summed E-state index contributed by atoms with van der Waals surface area (Å²) in [5, 5.41) is 2.51. The molecule has 1 aromatic carbocycles. The van der Waals surface area contributed by atoms with Crippen LogP contribution in [0.1, 0.15) is 51.0 Å². The van der Waals surface area contributed by atoms with E-state index < -0.39 is 24.5 Å². The number of likely N-dealkylation sites (tertiary alicyclic amines) is 1. The van der Waals surface area contributed by atoms with E-state index in [4.69, 9.17) is 9.47 Å². The van der Waals surface area contributed by atoms with Gasteiger partial charge >= 0.3 is 12.1 Å². The lowest BCUT2D eigenvalue weighted by molar-refractivity contribution is 0.0474. The van der Waals surface area contributed by atoms with E-state index in [1.54, 1.807) is 11.8 Å². The summed E-state index contributed by atoms with van der Waals surface area (Å²) in [6.45, 7) is 2.93. The van der Waals surface area contributed by atoms with Gasteiger partial charge < -0.3 is 19.4 Å². The first kappa shape index (κ1) is 21.1. The third kappa shape index (κ3) is 5.25. The number of nitrogens with zero attached hydrogens (tertiary/aromatic N) is 1. The number of nitrogens with one attached hydrogen (secondary N) is 2. The molecule has 3 rings (SSSR count). The molecule has 2 aromatic rings. The third-order valence-electron chi connectivity index (χ3n) is 4.61. The topological polar surface area (TPSA) is 118 Å². The van der Waals surface area contributed by atoms with Gasteiger partial charge in [-0.25, -0.2) is 9.59 Å². The predicted octanol–water partition coefficient (Wildman–Crippen LogP) is 2.86. The predicted molar refractivity (Wildman–Crippen MR) is 108 cm³/mol. The normalized spacial score (nSPS) is 13.0. The Bertz CT molecular complexity index is 928. The minimum Gasteiger partial charge on any atom is -0.454 e.